The molecule has 0 fully saturated rings. The van der Waals surface area contributed by atoms with E-state index in [0.717, 1.165) is 57.5 Å². The van der Waals surface area contributed by atoms with Crippen molar-refractivity contribution in [3.05, 3.63) is 53.4 Å². The number of hydrogen-bond donors (Lipinski definition) is 1. The number of aromatic nitrogens is 1. The van der Waals surface area contributed by atoms with Gasteiger partial charge in [0.25, 0.3) is 0 Å². The number of nitrogens with zero attached hydrogens (tertiary/aromatic N) is 2. The normalized spacial score (nSPS) is 12.4. The van der Waals surface area contributed by atoms with Gasteiger partial charge in [-0.3, -0.25) is 4.99 Å². The van der Waals surface area contributed by atoms with E-state index in [9.17, 15) is 0 Å². The first-order valence-electron chi connectivity index (χ1n) is 8.72. The Bertz CT molecular complexity index is 1110. The third kappa shape index (κ3) is 2.64. The van der Waals surface area contributed by atoms with Crippen LogP contribution in [-0.4, -0.2) is 18.1 Å². The fourth-order valence-electron chi connectivity index (χ4n) is 3.27. The first kappa shape index (κ1) is 15.6. The summed E-state index contributed by atoms with van der Waals surface area (Å²) in [4.78, 5) is 9.53. The molecule has 4 rings (SSSR count). The summed E-state index contributed by atoms with van der Waals surface area (Å²) in [6, 6.07) is 14.4. The fourth-order valence-corrected chi connectivity index (χ4v) is 3.27. The van der Waals surface area contributed by atoms with Gasteiger partial charge < -0.3 is 9.73 Å². The summed E-state index contributed by atoms with van der Waals surface area (Å²) in [5, 5.41) is 6.51. The molecule has 0 unspecified atom stereocenters. The number of nitrogens with one attached hydrogen (secondary N) is 1. The number of anilines is 1. The Kier molecular flexibility index (Phi) is 3.88. The Morgan fingerprint density at radius 1 is 1.08 bits per heavy atom. The van der Waals surface area contributed by atoms with E-state index < -0.39 is 0 Å². The van der Waals surface area contributed by atoms with E-state index in [1.807, 2.05) is 31.2 Å². The average Bonchev–Trinajstić information content (AvgIpc) is 2.62. The minimum atomic E-state index is 0.736. The van der Waals surface area contributed by atoms with Gasteiger partial charge in [-0.15, -0.1) is 0 Å². The molecule has 0 aromatic heterocycles. The smallest absolute Gasteiger partial charge is 0.155 e. The van der Waals surface area contributed by atoms with Gasteiger partial charge in [0.2, 0.25) is 0 Å². The van der Waals surface area contributed by atoms with E-state index in [0.29, 0.717) is 0 Å². The van der Waals surface area contributed by atoms with Crippen molar-refractivity contribution in [1.82, 2.24) is 4.98 Å². The molecule has 126 valence electrons. The van der Waals surface area contributed by atoms with Gasteiger partial charge in [0.15, 0.2) is 11.3 Å². The van der Waals surface area contributed by atoms with Crippen LogP contribution >= 0.6 is 0 Å². The second kappa shape index (κ2) is 6.20. The van der Waals surface area contributed by atoms with Crippen LogP contribution in [0, 0.1) is 6.92 Å². The standard InChI is InChI=1S/C21H21N3O/c1-4-22-16-11-19-18(10-13(16)3)24-21-15-9-7-6-8-14(15)17(23-5-2)12-20(21)25-19/h6-12,22H,4-5H2,1-3H3/b23-17+. The second-order valence-corrected chi connectivity index (χ2v) is 6.14. The summed E-state index contributed by atoms with van der Waals surface area (Å²) in [6.07, 6.45) is 0. The molecule has 0 saturated carbocycles. The average molecular weight is 331 g/mol. The zero-order valence-corrected chi connectivity index (χ0v) is 14.8. The molecular formula is C21H21N3O. The maximum Gasteiger partial charge on any atom is 0.155 e. The van der Waals surface area contributed by atoms with Gasteiger partial charge in [-0.1, -0.05) is 24.3 Å². The lowest BCUT2D eigenvalue weighted by molar-refractivity contribution is 0.613. The molecule has 2 aromatic carbocycles. The summed E-state index contributed by atoms with van der Waals surface area (Å²) in [5.41, 5.74) is 4.79. The third-order valence-electron chi connectivity index (χ3n) is 4.41. The van der Waals surface area contributed by atoms with Crippen LogP contribution < -0.4 is 10.7 Å². The molecule has 0 radical (unpaired) electrons. The number of aryl methyl sites for hydroxylation is 1. The van der Waals surface area contributed by atoms with Gasteiger partial charge in [0.05, 0.1) is 5.36 Å². The minimum absolute atomic E-state index is 0.736. The summed E-state index contributed by atoms with van der Waals surface area (Å²) in [7, 11) is 0. The van der Waals surface area contributed by atoms with Crippen LogP contribution in [0.1, 0.15) is 19.4 Å². The van der Waals surface area contributed by atoms with Gasteiger partial charge in [0.1, 0.15) is 11.2 Å². The van der Waals surface area contributed by atoms with Crippen LogP contribution in [0.3, 0.4) is 0 Å². The Morgan fingerprint density at radius 2 is 1.88 bits per heavy atom. The zero-order chi connectivity index (χ0) is 17.4. The number of rotatable bonds is 3. The molecule has 4 nitrogen and oxygen atoms in total. The predicted molar refractivity (Wildman–Crippen MR) is 103 cm³/mol. The molecule has 0 atom stereocenters. The van der Waals surface area contributed by atoms with Gasteiger partial charge >= 0.3 is 0 Å². The van der Waals surface area contributed by atoms with Crippen molar-refractivity contribution in [3.63, 3.8) is 0 Å². The van der Waals surface area contributed by atoms with Crippen LogP contribution in [0.25, 0.3) is 33.3 Å². The Balaban J connectivity index is 2.11. The lowest BCUT2D eigenvalue weighted by Crippen LogP contribution is -2.07. The van der Waals surface area contributed by atoms with Crippen molar-refractivity contribution >= 4 is 27.6 Å². The van der Waals surface area contributed by atoms with Crippen LogP contribution in [0.2, 0.25) is 0 Å². The first-order chi connectivity index (χ1) is 12.2. The lowest BCUT2D eigenvalue weighted by atomic mass is 10.0. The lowest BCUT2D eigenvalue weighted by Gasteiger charge is -2.13. The van der Waals surface area contributed by atoms with E-state index in [1.165, 1.54) is 5.56 Å². The van der Waals surface area contributed by atoms with Crippen molar-refractivity contribution in [2.45, 2.75) is 20.8 Å². The van der Waals surface area contributed by atoms with E-state index in [2.05, 4.69) is 42.4 Å². The molecule has 0 spiro atoms. The summed E-state index contributed by atoms with van der Waals surface area (Å²) in [6.45, 7) is 7.83. The van der Waals surface area contributed by atoms with Crippen LogP contribution in [0.15, 0.2) is 51.9 Å². The molecule has 1 N–H and O–H groups in total. The van der Waals surface area contributed by atoms with Crippen molar-refractivity contribution < 1.29 is 4.42 Å². The highest BCUT2D eigenvalue weighted by Gasteiger charge is 2.15. The topological polar surface area (TPSA) is 50.4 Å². The SMILES string of the molecule is CC/N=c1\cc2oc3cc(NCC)c(C)cc3nc-2c2ccccc12. The molecule has 0 saturated heterocycles. The van der Waals surface area contributed by atoms with Crippen molar-refractivity contribution in [1.29, 1.82) is 0 Å². The number of fused-ring (bicyclic) bond motifs is 4. The number of hydrogen-bond acceptors (Lipinski definition) is 4. The number of benzene rings is 3. The molecule has 1 heterocycles. The second-order valence-electron chi connectivity index (χ2n) is 6.14. The summed E-state index contributed by atoms with van der Waals surface area (Å²) < 4.78 is 6.22. The molecular weight excluding hydrogens is 310 g/mol. The molecule has 2 aliphatic rings. The molecule has 1 aliphatic carbocycles. The van der Waals surface area contributed by atoms with Gasteiger partial charge in [-0.25, -0.2) is 4.98 Å². The molecule has 1 aliphatic heterocycles. The molecule has 4 heteroatoms. The van der Waals surface area contributed by atoms with Crippen molar-refractivity contribution in [2.75, 3.05) is 18.4 Å². The van der Waals surface area contributed by atoms with E-state index >= 15 is 0 Å². The highest BCUT2D eigenvalue weighted by atomic mass is 16.3. The van der Waals surface area contributed by atoms with Crippen LogP contribution in [0.4, 0.5) is 5.69 Å². The van der Waals surface area contributed by atoms with Crippen molar-refractivity contribution in [3.8, 4) is 11.5 Å². The van der Waals surface area contributed by atoms with E-state index in [-0.39, 0.29) is 0 Å². The molecule has 0 bridgehead atoms. The van der Waals surface area contributed by atoms with Gasteiger partial charge in [-0.2, -0.15) is 0 Å². The zero-order valence-electron chi connectivity index (χ0n) is 14.8. The van der Waals surface area contributed by atoms with Crippen LogP contribution in [-0.2, 0) is 0 Å². The molecule has 0 amide bonds. The Morgan fingerprint density at radius 3 is 2.64 bits per heavy atom. The van der Waals surface area contributed by atoms with E-state index in [1.54, 1.807) is 0 Å². The van der Waals surface area contributed by atoms with Gasteiger partial charge in [-0.05, 0) is 32.4 Å². The monoisotopic (exact) mass is 331 g/mol. The van der Waals surface area contributed by atoms with Crippen molar-refractivity contribution in [2.24, 2.45) is 4.99 Å². The highest BCUT2D eigenvalue weighted by molar-refractivity contribution is 5.96. The Labute approximate surface area is 146 Å². The maximum atomic E-state index is 6.22. The highest BCUT2D eigenvalue weighted by Crippen LogP contribution is 2.32. The predicted octanol–water partition coefficient (Wildman–Crippen LogP) is 4.75. The van der Waals surface area contributed by atoms with Gasteiger partial charge in [0, 0.05) is 41.7 Å². The first-order valence-corrected chi connectivity index (χ1v) is 8.72. The molecule has 2 aromatic rings. The summed E-state index contributed by atoms with van der Waals surface area (Å²) in [5.74, 6) is 0.768. The largest absolute Gasteiger partial charge is 0.453 e. The van der Waals surface area contributed by atoms with Crippen LogP contribution in [0.5, 0.6) is 0 Å². The quantitative estimate of drug-likeness (QED) is 0.435. The third-order valence-corrected chi connectivity index (χ3v) is 4.41. The minimum Gasteiger partial charge on any atom is -0.453 e. The fraction of sp³-hybridized carbons (Fsp3) is 0.238. The van der Waals surface area contributed by atoms with E-state index in [4.69, 9.17) is 9.40 Å². The maximum absolute atomic E-state index is 6.22. The molecule has 25 heavy (non-hydrogen) atoms. The summed E-state index contributed by atoms with van der Waals surface area (Å²) >= 11 is 0. The Hall–Kier alpha value is -2.88.